The molecule has 2 saturated heterocycles. The molecule has 2 aliphatic heterocycles. The molecule has 192 valence electrons. The number of nitro benzene ring substituents is 1. The van der Waals surface area contributed by atoms with E-state index in [1.54, 1.807) is 18.3 Å². The van der Waals surface area contributed by atoms with Crippen molar-refractivity contribution in [2.24, 2.45) is 0 Å². The molecular weight excluding hydrogens is 500 g/mol. The Kier molecular flexibility index (Phi) is 6.48. The number of nitrogens with zero attached hydrogens (tertiary/aromatic N) is 5. The number of pyridine rings is 1. The molecule has 1 N–H and O–H groups in total. The summed E-state index contributed by atoms with van der Waals surface area (Å²) in [6.07, 6.45) is 3.75. The van der Waals surface area contributed by atoms with E-state index in [1.807, 2.05) is 30.5 Å². The Hall–Kier alpha value is -4.28. The average Bonchev–Trinajstić information content (AvgIpc) is 3.58. The van der Waals surface area contributed by atoms with Crippen LogP contribution in [0, 0.1) is 10.1 Å². The number of thiocarbonyl (C=S) groups is 1. The first-order chi connectivity index (χ1) is 18.6. The highest BCUT2D eigenvalue weighted by Gasteiger charge is 2.42. The number of nitrogens with one attached hydrogen (secondary N) is 1. The molecular formula is C28H26N6O3S. The Balaban J connectivity index is 1.40. The second kappa shape index (κ2) is 10.2. The van der Waals surface area contributed by atoms with Gasteiger partial charge in [0, 0.05) is 60.4 Å². The van der Waals surface area contributed by atoms with Crippen LogP contribution in [-0.4, -0.2) is 45.9 Å². The van der Waals surface area contributed by atoms with Gasteiger partial charge >= 0.3 is 0 Å². The second-order valence-corrected chi connectivity index (χ2v) is 9.58. The lowest BCUT2D eigenvalue weighted by Crippen LogP contribution is -2.36. The van der Waals surface area contributed by atoms with Crippen molar-refractivity contribution in [1.82, 2.24) is 14.9 Å². The third kappa shape index (κ3) is 4.48. The number of hydrogen-bond acceptors (Lipinski definition) is 6. The Labute approximate surface area is 225 Å². The molecule has 38 heavy (non-hydrogen) atoms. The lowest BCUT2D eigenvalue weighted by atomic mass is 10.0. The van der Waals surface area contributed by atoms with Gasteiger partial charge in [0.15, 0.2) is 5.11 Å². The number of ether oxygens (including phenoxy) is 1. The SMILES string of the molecule is O=[N+]([O-])c1ccc(-n2cccc2C2C(c3ccccn3)NC(=S)N2c2ccc(N3CCOCC3)cc2)cc1. The van der Waals surface area contributed by atoms with E-state index >= 15 is 0 Å². The second-order valence-electron chi connectivity index (χ2n) is 9.19. The van der Waals surface area contributed by atoms with Crippen molar-refractivity contribution >= 4 is 34.4 Å². The standard InChI is InChI=1S/C28H26N6O3S/c35-34(36)23-12-8-21(9-13-23)32-15-3-5-25(32)27-26(24-4-1-2-14-29-24)30-28(38)33(27)22-10-6-20(7-11-22)31-16-18-37-19-17-31/h1-15,26-27H,16-19H2,(H,30,38). The molecule has 2 aromatic carbocycles. The summed E-state index contributed by atoms with van der Waals surface area (Å²) in [5.41, 5.74) is 4.87. The molecule has 0 saturated carbocycles. The van der Waals surface area contributed by atoms with E-state index in [4.69, 9.17) is 17.0 Å². The van der Waals surface area contributed by atoms with Crippen molar-refractivity contribution in [2.45, 2.75) is 12.1 Å². The van der Waals surface area contributed by atoms with Crippen molar-refractivity contribution in [3.8, 4) is 5.69 Å². The first-order valence-corrected chi connectivity index (χ1v) is 12.9. The van der Waals surface area contributed by atoms with Crippen LogP contribution in [0.15, 0.2) is 91.3 Å². The number of benzene rings is 2. The molecule has 4 heterocycles. The van der Waals surface area contributed by atoms with Crippen LogP contribution >= 0.6 is 12.2 Å². The maximum atomic E-state index is 11.2. The molecule has 2 aliphatic rings. The summed E-state index contributed by atoms with van der Waals surface area (Å²) in [5, 5.41) is 15.3. The average molecular weight is 527 g/mol. The van der Waals surface area contributed by atoms with Crippen LogP contribution in [0.25, 0.3) is 5.69 Å². The van der Waals surface area contributed by atoms with Crippen LogP contribution < -0.4 is 15.1 Å². The monoisotopic (exact) mass is 526 g/mol. The number of non-ortho nitro benzene ring substituents is 1. The van der Waals surface area contributed by atoms with Crippen molar-refractivity contribution in [3.63, 3.8) is 0 Å². The number of aromatic nitrogens is 2. The number of morpholine rings is 1. The maximum Gasteiger partial charge on any atom is 0.269 e. The third-order valence-corrected chi connectivity index (χ3v) is 7.34. The highest BCUT2D eigenvalue weighted by atomic mass is 32.1. The topological polar surface area (TPSA) is 88.7 Å². The van der Waals surface area contributed by atoms with Gasteiger partial charge in [-0.05, 0) is 72.9 Å². The molecule has 2 fully saturated rings. The van der Waals surface area contributed by atoms with Crippen LogP contribution in [0.5, 0.6) is 0 Å². The molecule has 4 aromatic rings. The number of nitro groups is 1. The summed E-state index contributed by atoms with van der Waals surface area (Å²) in [4.78, 5) is 19.9. The summed E-state index contributed by atoms with van der Waals surface area (Å²) in [5.74, 6) is 0. The van der Waals surface area contributed by atoms with Gasteiger partial charge in [-0.1, -0.05) is 6.07 Å². The number of anilines is 2. The first kappa shape index (κ1) is 24.1. The summed E-state index contributed by atoms with van der Waals surface area (Å²) >= 11 is 5.89. The van der Waals surface area contributed by atoms with Crippen molar-refractivity contribution < 1.29 is 9.66 Å². The highest BCUT2D eigenvalue weighted by Crippen LogP contribution is 2.42. The van der Waals surface area contributed by atoms with Gasteiger partial charge in [0.25, 0.3) is 5.69 Å². The molecule has 0 radical (unpaired) electrons. The molecule has 2 unspecified atom stereocenters. The fourth-order valence-corrected chi connectivity index (χ4v) is 5.53. The Morgan fingerprint density at radius 1 is 0.921 bits per heavy atom. The largest absolute Gasteiger partial charge is 0.378 e. The van der Waals surface area contributed by atoms with E-state index in [9.17, 15) is 10.1 Å². The van der Waals surface area contributed by atoms with E-state index in [2.05, 4.69) is 55.0 Å². The summed E-state index contributed by atoms with van der Waals surface area (Å²) in [7, 11) is 0. The molecule has 0 aliphatic carbocycles. The van der Waals surface area contributed by atoms with E-state index in [-0.39, 0.29) is 22.7 Å². The molecule has 0 bridgehead atoms. The fourth-order valence-electron chi connectivity index (χ4n) is 5.18. The van der Waals surface area contributed by atoms with Crippen molar-refractivity contribution in [1.29, 1.82) is 0 Å². The minimum Gasteiger partial charge on any atom is -0.378 e. The third-order valence-electron chi connectivity index (χ3n) is 7.02. The Morgan fingerprint density at radius 3 is 2.32 bits per heavy atom. The predicted octanol–water partition coefficient (Wildman–Crippen LogP) is 4.79. The van der Waals surface area contributed by atoms with E-state index in [1.165, 1.54) is 12.1 Å². The van der Waals surface area contributed by atoms with Gasteiger partial charge in [0.1, 0.15) is 6.04 Å². The van der Waals surface area contributed by atoms with E-state index in [0.717, 1.165) is 54.8 Å². The molecule has 6 rings (SSSR count). The Bertz CT molecular complexity index is 1440. The van der Waals surface area contributed by atoms with Crippen molar-refractivity contribution in [3.05, 3.63) is 113 Å². The highest BCUT2D eigenvalue weighted by molar-refractivity contribution is 7.80. The number of rotatable bonds is 6. The van der Waals surface area contributed by atoms with Crippen LogP contribution in [0.1, 0.15) is 23.5 Å². The van der Waals surface area contributed by atoms with Crippen LogP contribution in [0.2, 0.25) is 0 Å². The number of hydrogen-bond donors (Lipinski definition) is 1. The molecule has 0 spiro atoms. The smallest absolute Gasteiger partial charge is 0.269 e. The van der Waals surface area contributed by atoms with Gasteiger partial charge in [-0.25, -0.2) is 0 Å². The van der Waals surface area contributed by atoms with Gasteiger partial charge in [-0.2, -0.15) is 0 Å². The van der Waals surface area contributed by atoms with Crippen LogP contribution in [0.3, 0.4) is 0 Å². The molecule has 9 nitrogen and oxygen atoms in total. The fraction of sp³-hybridized carbons (Fsp3) is 0.214. The van der Waals surface area contributed by atoms with Crippen LogP contribution in [-0.2, 0) is 4.74 Å². The minimum absolute atomic E-state index is 0.0551. The van der Waals surface area contributed by atoms with Gasteiger partial charge in [0.2, 0.25) is 0 Å². The lowest BCUT2D eigenvalue weighted by molar-refractivity contribution is -0.384. The molecule has 2 aromatic heterocycles. The van der Waals surface area contributed by atoms with Crippen LogP contribution in [0.4, 0.5) is 17.1 Å². The summed E-state index contributed by atoms with van der Waals surface area (Å²) in [6, 6.07) is 24.5. The van der Waals surface area contributed by atoms with Gasteiger partial charge in [-0.15, -0.1) is 0 Å². The quantitative estimate of drug-likeness (QED) is 0.218. The van der Waals surface area contributed by atoms with Gasteiger partial charge in [0.05, 0.1) is 29.9 Å². The lowest BCUT2D eigenvalue weighted by Gasteiger charge is -2.31. The van der Waals surface area contributed by atoms with Crippen molar-refractivity contribution in [2.75, 3.05) is 36.1 Å². The van der Waals surface area contributed by atoms with E-state index < -0.39 is 0 Å². The minimum atomic E-state index is -0.390. The molecule has 0 amide bonds. The van der Waals surface area contributed by atoms with Gasteiger partial charge in [-0.3, -0.25) is 15.1 Å². The molecule has 2 atom stereocenters. The van der Waals surface area contributed by atoms with E-state index in [0.29, 0.717) is 5.11 Å². The maximum absolute atomic E-state index is 11.2. The zero-order valence-corrected chi connectivity index (χ0v) is 21.3. The normalized spacial score (nSPS) is 19.4. The molecule has 10 heteroatoms. The Morgan fingerprint density at radius 2 is 1.63 bits per heavy atom. The predicted molar refractivity (Wildman–Crippen MR) is 150 cm³/mol. The first-order valence-electron chi connectivity index (χ1n) is 12.5. The zero-order valence-electron chi connectivity index (χ0n) is 20.5. The summed E-state index contributed by atoms with van der Waals surface area (Å²) in [6.45, 7) is 3.21. The zero-order chi connectivity index (χ0) is 26.1. The summed E-state index contributed by atoms with van der Waals surface area (Å²) < 4.78 is 7.55. The van der Waals surface area contributed by atoms with Gasteiger partial charge < -0.3 is 24.4 Å².